The van der Waals surface area contributed by atoms with Crippen LogP contribution in [-0.4, -0.2) is 22.6 Å². The van der Waals surface area contributed by atoms with E-state index in [0.717, 1.165) is 50.9 Å². The second-order valence-corrected chi connectivity index (χ2v) is 5.06. The number of nitrogens with zero attached hydrogens (tertiary/aromatic N) is 2. The van der Waals surface area contributed by atoms with E-state index in [1.807, 2.05) is 4.57 Å². The lowest BCUT2D eigenvalue weighted by molar-refractivity contribution is 0.102. The second-order valence-electron chi connectivity index (χ2n) is 5.06. The van der Waals surface area contributed by atoms with Gasteiger partial charge < -0.3 is 14.6 Å². The second kappa shape index (κ2) is 5.75. The molecule has 0 unspecified atom stereocenters. The number of hydrogen-bond donors (Lipinski definition) is 1. The summed E-state index contributed by atoms with van der Waals surface area (Å²) in [6.45, 7) is 0.764. The highest BCUT2D eigenvalue weighted by molar-refractivity contribution is 6.04. The Kier molecular flexibility index (Phi) is 3.79. The van der Waals surface area contributed by atoms with Crippen molar-refractivity contribution in [1.82, 2.24) is 9.55 Å². The molecule has 0 radical (unpaired) electrons. The maximum atomic E-state index is 14.1. The van der Waals surface area contributed by atoms with Gasteiger partial charge in [-0.15, -0.1) is 0 Å². The summed E-state index contributed by atoms with van der Waals surface area (Å²) in [6, 6.07) is 2.10. The minimum absolute atomic E-state index is 0.274. The Morgan fingerprint density at radius 1 is 1.36 bits per heavy atom. The fourth-order valence-electron chi connectivity index (χ4n) is 2.59. The lowest BCUT2D eigenvalue weighted by atomic mass is 10.1. The third-order valence-corrected chi connectivity index (χ3v) is 3.71. The molecule has 3 rings (SSSR count). The number of imidazole rings is 1. The summed E-state index contributed by atoms with van der Waals surface area (Å²) in [5, 5.41) is 2.62. The zero-order valence-corrected chi connectivity index (χ0v) is 12.0. The van der Waals surface area contributed by atoms with Crippen molar-refractivity contribution in [1.29, 1.82) is 0 Å². The monoisotopic (exact) mass is 307 g/mol. The van der Waals surface area contributed by atoms with Crippen molar-refractivity contribution >= 4 is 11.7 Å². The van der Waals surface area contributed by atoms with Crippen molar-refractivity contribution in [3.63, 3.8) is 0 Å². The Morgan fingerprint density at radius 3 is 2.95 bits per heavy atom. The van der Waals surface area contributed by atoms with Crippen LogP contribution in [0.4, 0.5) is 14.6 Å². The van der Waals surface area contributed by atoms with Gasteiger partial charge in [-0.25, -0.2) is 13.8 Å². The van der Waals surface area contributed by atoms with E-state index in [2.05, 4.69) is 15.0 Å². The Bertz CT molecular complexity index is 728. The zero-order chi connectivity index (χ0) is 15.7. The van der Waals surface area contributed by atoms with E-state index in [1.54, 1.807) is 6.20 Å². The van der Waals surface area contributed by atoms with Crippen LogP contribution < -0.4 is 10.1 Å². The van der Waals surface area contributed by atoms with Gasteiger partial charge in [0, 0.05) is 13.0 Å². The molecule has 1 aliphatic rings. The zero-order valence-electron chi connectivity index (χ0n) is 12.0. The van der Waals surface area contributed by atoms with Crippen molar-refractivity contribution in [2.45, 2.75) is 25.8 Å². The van der Waals surface area contributed by atoms with Crippen LogP contribution in [0.2, 0.25) is 0 Å². The molecule has 5 nitrogen and oxygen atoms in total. The van der Waals surface area contributed by atoms with Crippen molar-refractivity contribution in [3.05, 3.63) is 41.4 Å². The molecule has 2 heterocycles. The first kappa shape index (κ1) is 14.5. The third-order valence-electron chi connectivity index (χ3n) is 3.71. The molecule has 0 aliphatic carbocycles. The molecule has 0 saturated carbocycles. The Labute approximate surface area is 125 Å². The van der Waals surface area contributed by atoms with Crippen LogP contribution in [0.15, 0.2) is 18.3 Å². The quantitative estimate of drug-likeness (QED) is 0.948. The number of amides is 1. The number of carbonyl (C=O) groups excluding carboxylic acids is 1. The number of carbonyl (C=O) groups is 1. The molecule has 0 bridgehead atoms. The molecule has 0 fully saturated rings. The highest BCUT2D eigenvalue weighted by Gasteiger charge is 2.21. The number of halogens is 2. The van der Waals surface area contributed by atoms with Gasteiger partial charge in [0.2, 0.25) is 0 Å². The van der Waals surface area contributed by atoms with Crippen LogP contribution in [0.25, 0.3) is 0 Å². The number of anilines is 1. The molecule has 1 N–H and O–H groups in total. The molecule has 2 aromatic rings. The number of hydrogen-bond acceptors (Lipinski definition) is 3. The number of benzene rings is 1. The number of aryl methyl sites for hydroxylation is 1. The SMILES string of the molecule is COc1c(F)ccc(C(=O)Nc2cnc3n2CCCC3)c1F. The van der Waals surface area contributed by atoms with Crippen LogP contribution in [0.1, 0.15) is 29.0 Å². The van der Waals surface area contributed by atoms with Gasteiger partial charge in [-0.05, 0) is 25.0 Å². The van der Waals surface area contributed by atoms with Gasteiger partial charge in [-0.3, -0.25) is 4.79 Å². The number of aromatic nitrogens is 2. The van der Waals surface area contributed by atoms with E-state index in [1.165, 1.54) is 0 Å². The van der Waals surface area contributed by atoms with Crippen LogP contribution in [0.5, 0.6) is 5.75 Å². The summed E-state index contributed by atoms with van der Waals surface area (Å²) in [5.41, 5.74) is -0.274. The predicted molar refractivity (Wildman–Crippen MR) is 76.0 cm³/mol. The first-order chi connectivity index (χ1) is 10.6. The number of ether oxygens (including phenoxy) is 1. The molecule has 22 heavy (non-hydrogen) atoms. The summed E-state index contributed by atoms with van der Waals surface area (Å²) in [5.74, 6) is -1.68. The molecule has 116 valence electrons. The molecule has 1 aliphatic heterocycles. The van der Waals surface area contributed by atoms with E-state index in [4.69, 9.17) is 0 Å². The van der Waals surface area contributed by atoms with Gasteiger partial charge >= 0.3 is 0 Å². The predicted octanol–water partition coefficient (Wildman–Crippen LogP) is 2.76. The van der Waals surface area contributed by atoms with Crippen LogP contribution in [0, 0.1) is 11.6 Å². The molecular weight excluding hydrogens is 292 g/mol. The lowest BCUT2D eigenvalue weighted by Gasteiger charge is -2.16. The molecule has 1 aromatic carbocycles. The number of methoxy groups -OCH3 is 1. The highest BCUT2D eigenvalue weighted by atomic mass is 19.1. The van der Waals surface area contributed by atoms with Gasteiger partial charge in [-0.1, -0.05) is 0 Å². The average molecular weight is 307 g/mol. The van der Waals surface area contributed by atoms with Crippen molar-refractivity contribution in [2.75, 3.05) is 12.4 Å². The van der Waals surface area contributed by atoms with Gasteiger partial charge in [0.15, 0.2) is 17.4 Å². The minimum atomic E-state index is -1.02. The summed E-state index contributed by atoms with van der Waals surface area (Å²) in [6.07, 6.45) is 4.48. The van der Waals surface area contributed by atoms with E-state index in [-0.39, 0.29) is 5.56 Å². The van der Waals surface area contributed by atoms with Crippen molar-refractivity contribution in [2.24, 2.45) is 0 Å². The molecule has 0 spiro atoms. The van der Waals surface area contributed by atoms with Crippen molar-refractivity contribution < 1.29 is 18.3 Å². The fraction of sp³-hybridized carbons (Fsp3) is 0.333. The summed E-state index contributed by atoms with van der Waals surface area (Å²) < 4.78 is 34.0. The first-order valence-corrected chi connectivity index (χ1v) is 6.99. The van der Waals surface area contributed by atoms with Crippen molar-refractivity contribution in [3.8, 4) is 5.75 Å². The van der Waals surface area contributed by atoms with E-state index in [0.29, 0.717) is 5.82 Å². The molecule has 1 aromatic heterocycles. The van der Waals surface area contributed by atoms with Gasteiger partial charge in [0.25, 0.3) is 5.91 Å². The Morgan fingerprint density at radius 2 is 2.18 bits per heavy atom. The molecule has 7 heteroatoms. The largest absolute Gasteiger partial charge is 0.491 e. The van der Waals surface area contributed by atoms with E-state index in [9.17, 15) is 13.6 Å². The number of rotatable bonds is 3. The minimum Gasteiger partial charge on any atom is -0.491 e. The van der Waals surface area contributed by atoms with Crippen LogP contribution in [-0.2, 0) is 13.0 Å². The standard InChI is InChI=1S/C15H15F2N3O2/c1-22-14-10(16)6-5-9(13(14)17)15(21)19-12-8-18-11-4-2-3-7-20(11)12/h5-6,8H,2-4,7H2,1H3,(H,19,21). The average Bonchev–Trinajstić information content (AvgIpc) is 2.91. The van der Waals surface area contributed by atoms with Crippen LogP contribution in [0.3, 0.4) is 0 Å². The molecular formula is C15H15F2N3O2. The van der Waals surface area contributed by atoms with Gasteiger partial charge in [0.1, 0.15) is 11.6 Å². The van der Waals surface area contributed by atoms with Crippen LogP contribution >= 0.6 is 0 Å². The highest BCUT2D eigenvalue weighted by Crippen LogP contribution is 2.25. The van der Waals surface area contributed by atoms with E-state index >= 15 is 0 Å². The summed E-state index contributed by atoms with van der Waals surface area (Å²) in [7, 11) is 1.15. The molecule has 1 amide bonds. The van der Waals surface area contributed by atoms with Gasteiger partial charge in [-0.2, -0.15) is 0 Å². The first-order valence-electron chi connectivity index (χ1n) is 6.99. The maximum Gasteiger partial charge on any atom is 0.259 e. The maximum absolute atomic E-state index is 14.1. The normalized spacial score (nSPS) is 13.6. The third kappa shape index (κ3) is 2.43. The topological polar surface area (TPSA) is 56.1 Å². The summed E-state index contributed by atoms with van der Waals surface area (Å²) in [4.78, 5) is 16.5. The lowest BCUT2D eigenvalue weighted by Crippen LogP contribution is -2.19. The Hall–Kier alpha value is -2.44. The number of fused-ring (bicyclic) bond motifs is 1. The number of nitrogens with one attached hydrogen (secondary N) is 1. The van der Waals surface area contributed by atoms with Gasteiger partial charge in [0.05, 0.1) is 18.9 Å². The smallest absolute Gasteiger partial charge is 0.259 e. The Balaban J connectivity index is 1.88. The summed E-state index contributed by atoms with van der Waals surface area (Å²) >= 11 is 0. The fourth-order valence-corrected chi connectivity index (χ4v) is 2.59. The molecule has 0 atom stereocenters. The molecule has 0 saturated heterocycles. The van der Waals surface area contributed by atoms with E-state index < -0.39 is 23.3 Å².